The number of aliphatic hydroxyl groups is 2. The first kappa shape index (κ1) is 24.3. The van der Waals surface area contributed by atoms with Crippen molar-refractivity contribution in [3.8, 4) is 17.2 Å². The minimum Gasteiger partial charge on any atom is -0.449 e. The van der Waals surface area contributed by atoms with Gasteiger partial charge >= 0.3 is 12.3 Å². The molecule has 6 nitrogen and oxygen atoms in total. The van der Waals surface area contributed by atoms with E-state index < -0.39 is 36.6 Å². The molecule has 4 rings (SSSR count). The molecule has 0 aromatic heterocycles. The smallest absolute Gasteiger partial charge is 0.416 e. The fraction of sp³-hybridized carbons (Fsp3) is 0.231. The van der Waals surface area contributed by atoms with Gasteiger partial charge < -0.3 is 20.3 Å². The average molecular weight is 482 g/mol. The highest BCUT2D eigenvalue weighted by atomic mass is 19.4. The first-order chi connectivity index (χ1) is 16.7. The minimum atomic E-state index is -4.69. The monoisotopic (exact) mass is 482 g/mol. The number of rotatable bonds is 6. The summed E-state index contributed by atoms with van der Waals surface area (Å²) in [5.74, 6) is -0.174. The van der Waals surface area contributed by atoms with Gasteiger partial charge in [0, 0.05) is 18.0 Å². The van der Waals surface area contributed by atoms with Crippen molar-refractivity contribution in [3.05, 3.63) is 94.5 Å². The molecule has 0 aliphatic heterocycles. The highest BCUT2D eigenvalue weighted by molar-refractivity contribution is 5.79. The van der Waals surface area contributed by atoms with Crippen LogP contribution in [-0.2, 0) is 10.9 Å². The number of hydrogen-bond donors (Lipinski definition) is 3. The van der Waals surface area contributed by atoms with Gasteiger partial charge in [0.1, 0.15) is 18.8 Å². The molecule has 180 valence electrons. The third kappa shape index (κ3) is 4.99. The van der Waals surface area contributed by atoms with Crippen molar-refractivity contribution in [1.82, 2.24) is 5.32 Å². The van der Waals surface area contributed by atoms with Gasteiger partial charge in [-0.2, -0.15) is 18.4 Å². The van der Waals surface area contributed by atoms with Gasteiger partial charge in [0.05, 0.1) is 17.2 Å². The van der Waals surface area contributed by atoms with E-state index in [1.807, 2.05) is 48.5 Å². The van der Waals surface area contributed by atoms with Gasteiger partial charge in [0.2, 0.25) is 0 Å². The van der Waals surface area contributed by atoms with Crippen LogP contribution in [0.1, 0.15) is 39.8 Å². The Labute approximate surface area is 199 Å². The maximum atomic E-state index is 13.0. The number of benzene rings is 3. The number of halogens is 3. The Kier molecular flexibility index (Phi) is 6.78. The van der Waals surface area contributed by atoms with Gasteiger partial charge in [-0.3, -0.25) is 0 Å². The molecule has 0 fully saturated rings. The van der Waals surface area contributed by atoms with Crippen LogP contribution in [0.2, 0.25) is 0 Å². The van der Waals surface area contributed by atoms with E-state index in [-0.39, 0.29) is 23.7 Å². The number of aliphatic hydroxyl groups excluding tert-OH is 2. The lowest BCUT2D eigenvalue weighted by Gasteiger charge is -2.21. The zero-order chi connectivity index (χ0) is 25.2. The van der Waals surface area contributed by atoms with E-state index in [1.54, 1.807) is 6.07 Å². The van der Waals surface area contributed by atoms with Gasteiger partial charge in [0.25, 0.3) is 0 Å². The number of hydrogen-bond acceptors (Lipinski definition) is 5. The summed E-state index contributed by atoms with van der Waals surface area (Å²) in [5, 5.41) is 32.1. The molecule has 1 aliphatic carbocycles. The number of alkyl carbamates (subject to hydrolysis) is 1. The number of alkyl halides is 3. The minimum absolute atomic E-state index is 0.0325. The summed E-state index contributed by atoms with van der Waals surface area (Å²) < 4.78 is 44.4. The first-order valence-electron chi connectivity index (χ1n) is 10.8. The van der Waals surface area contributed by atoms with Crippen LogP contribution >= 0.6 is 0 Å². The third-order valence-electron chi connectivity index (χ3n) is 5.98. The van der Waals surface area contributed by atoms with E-state index in [4.69, 9.17) is 10.00 Å². The maximum Gasteiger partial charge on any atom is 0.416 e. The first-order valence-corrected chi connectivity index (χ1v) is 10.8. The van der Waals surface area contributed by atoms with Crippen LogP contribution in [0.3, 0.4) is 0 Å². The largest absolute Gasteiger partial charge is 0.449 e. The van der Waals surface area contributed by atoms with E-state index in [1.165, 1.54) is 0 Å². The number of nitrogens with zero attached hydrogens (tertiary/aromatic N) is 1. The summed E-state index contributed by atoms with van der Waals surface area (Å²) in [6.07, 6.45) is -9.05. The average Bonchev–Trinajstić information content (AvgIpc) is 3.18. The number of amides is 1. The summed E-state index contributed by atoms with van der Waals surface area (Å²) >= 11 is 0. The molecule has 2 unspecified atom stereocenters. The highest BCUT2D eigenvalue weighted by Crippen LogP contribution is 2.44. The van der Waals surface area contributed by atoms with Crippen LogP contribution in [0.15, 0.2) is 66.7 Å². The Morgan fingerprint density at radius 3 is 2.20 bits per heavy atom. The lowest BCUT2D eigenvalue weighted by molar-refractivity contribution is -0.137. The molecule has 0 heterocycles. The van der Waals surface area contributed by atoms with Crippen LogP contribution < -0.4 is 5.32 Å². The van der Waals surface area contributed by atoms with Gasteiger partial charge in [-0.25, -0.2) is 4.79 Å². The molecule has 35 heavy (non-hydrogen) atoms. The topological polar surface area (TPSA) is 103 Å². The fourth-order valence-corrected chi connectivity index (χ4v) is 4.24. The molecule has 2 atom stereocenters. The lowest BCUT2D eigenvalue weighted by atomic mass is 9.96. The second kappa shape index (κ2) is 9.78. The molecule has 0 saturated heterocycles. The second-order valence-electron chi connectivity index (χ2n) is 8.13. The van der Waals surface area contributed by atoms with Crippen LogP contribution in [0.25, 0.3) is 11.1 Å². The number of nitrogens with one attached hydrogen (secondary N) is 1. The number of carbonyl (C=O) groups excluding carboxylic acids is 1. The van der Waals surface area contributed by atoms with Gasteiger partial charge in [-0.1, -0.05) is 48.5 Å². The van der Waals surface area contributed by atoms with Crippen LogP contribution in [0, 0.1) is 11.3 Å². The molecule has 9 heteroatoms. The summed E-state index contributed by atoms with van der Waals surface area (Å²) in [5.41, 5.74) is 2.49. The highest BCUT2D eigenvalue weighted by Gasteiger charge is 2.33. The number of fused-ring (bicyclic) bond motifs is 3. The molecule has 3 aromatic rings. The second-order valence-corrected chi connectivity index (χ2v) is 8.13. The maximum absolute atomic E-state index is 13.0. The van der Waals surface area contributed by atoms with Gasteiger partial charge in [-0.15, -0.1) is 0 Å². The zero-order valence-corrected chi connectivity index (χ0v) is 18.3. The fourth-order valence-electron chi connectivity index (χ4n) is 4.24. The number of carbonyl (C=O) groups is 1. The summed E-state index contributed by atoms with van der Waals surface area (Å²) in [7, 11) is 0. The van der Waals surface area contributed by atoms with Crippen LogP contribution in [-0.4, -0.2) is 35.6 Å². The van der Waals surface area contributed by atoms with Crippen molar-refractivity contribution in [1.29, 1.82) is 5.26 Å². The van der Waals surface area contributed by atoms with Gasteiger partial charge in [-0.05, 0) is 40.5 Å². The molecular formula is C26H21F3N2O4. The number of nitriles is 1. The van der Waals surface area contributed by atoms with E-state index in [0.717, 1.165) is 34.4 Å². The van der Waals surface area contributed by atoms with E-state index in [0.29, 0.717) is 6.07 Å². The summed E-state index contributed by atoms with van der Waals surface area (Å²) in [4.78, 5) is 12.3. The Morgan fingerprint density at radius 2 is 1.63 bits per heavy atom. The molecule has 3 N–H and O–H groups in total. The Bertz CT molecular complexity index is 1240. The molecule has 0 spiro atoms. The third-order valence-corrected chi connectivity index (χ3v) is 5.98. The molecule has 0 bridgehead atoms. The van der Waals surface area contributed by atoms with Crippen molar-refractivity contribution in [3.63, 3.8) is 0 Å². The predicted octanol–water partition coefficient (Wildman–Crippen LogP) is 4.51. The Balaban J connectivity index is 1.38. The van der Waals surface area contributed by atoms with Crippen molar-refractivity contribution >= 4 is 6.09 Å². The van der Waals surface area contributed by atoms with Crippen molar-refractivity contribution in [2.75, 3.05) is 13.2 Å². The molecule has 0 saturated carbocycles. The van der Waals surface area contributed by atoms with Gasteiger partial charge in [0.15, 0.2) is 0 Å². The van der Waals surface area contributed by atoms with E-state index in [9.17, 15) is 28.2 Å². The molecule has 3 aromatic carbocycles. The van der Waals surface area contributed by atoms with Crippen LogP contribution in [0.5, 0.6) is 0 Å². The standard InChI is InChI=1S/C26H21F3N2O4/c27-26(28,29)16-10-9-15(12-30)21(11-16)24(33)23(32)13-31-25(34)35-14-22-19-7-3-1-5-17(19)18-6-2-4-8-20(18)22/h1-11,22-24,32-33H,13-14H2,(H,31,34). The summed E-state index contributed by atoms with van der Waals surface area (Å²) in [6, 6.07) is 19.5. The van der Waals surface area contributed by atoms with Crippen molar-refractivity contribution < 1.29 is 32.9 Å². The summed E-state index contributed by atoms with van der Waals surface area (Å²) in [6.45, 7) is -0.469. The Morgan fingerprint density at radius 1 is 1.03 bits per heavy atom. The predicted molar refractivity (Wildman–Crippen MR) is 120 cm³/mol. The molecule has 1 aliphatic rings. The molecular weight excluding hydrogens is 461 g/mol. The quantitative estimate of drug-likeness (QED) is 0.480. The van der Waals surface area contributed by atoms with Crippen LogP contribution in [0.4, 0.5) is 18.0 Å². The van der Waals surface area contributed by atoms with E-state index in [2.05, 4.69) is 5.32 Å². The van der Waals surface area contributed by atoms with Crippen molar-refractivity contribution in [2.45, 2.75) is 24.3 Å². The SMILES string of the molecule is N#Cc1ccc(C(F)(F)F)cc1C(O)C(O)CNC(=O)OCC1c2ccccc2-c2ccccc21. The number of ether oxygens (including phenoxy) is 1. The molecule has 0 radical (unpaired) electrons. The Hall–Kier alpha value is -3.87. The zero-order valence-electron chi connectivity index (χ0n) is 18.3. The normalized spacial score (nSPS) is 14.4. The molecule has 1 amide bonds. The van der Waals surface area contributed by atoms with Crippen molar-refractivity contribution in [2.24, 2.45) is 0 Å². The van der Waals surface area contributed by atoms with E-state index >= 15 is 0 Å². The lowest BCUT2D eigenvalue weighted by Crippen LogP contribution is -2.36.